The minimum Gasteiger partial charge on any atom is -0.341 e. The number of carbonyl (C=O) groups excluding carboxylic acids is 2. The molecule has 0 radical (unpaired) electrons. The molecule has 174 valence electrons. The maximum Gasteiger partial charge on any atom is 0.236 e. The summed E-state index contributed by atoms with van der Waals surface area (Å²) in [4.78, 5) is 33.1. The van der Waals surface area contributed by atoms with E-state index in [1.807, 2.05) is 4.90 Å². The summed E-state index contributed by atoms with van der Waals surface area (Å²) < 4.78 is 0. The molecule has 0 spiro atoms. The summed E-state index contributed by atoms with van der Waals surface area (Å²) in [5.74, 6) is 1.41. The Morgan fingerprint density at radius 2 is 1.78 bits per heavy atom. The van der Waals surface area contributed by atoms with Crippen LogP contribution >= 0.6 is 11.3 Å². The number of rotatable bonds is 6. The molecule has 2 amide bonds. The van der Waals surface area contributed by atoms with E-state index in [1.165, 1.54) is 11.3 Å². The fourth-order valence-electron chi connectivity index (χ4n) is 5.39. The first-order valence-electron chi connectivity index (χ1n) is 12.0. The third kappa shape index (κ3) is 5.51. The molecule has 0 aromatic carbocycles. The summed E-state index contributed by atoms with van der Waals surface area (Å²) in [6, 6.07) is 2.28. The van der Waals surface area contributed by atoms with Gasteiger partial charge in [0.15, 0.2) is 0 Å². The monoisotopic (exact) mass is 457 g/mol. The first-order chi connectivity index (χ1) is 15.4. The van der Waals surface area contributed by atoms with Gasteiger partial charge in [0.25, 0.3) is 0 Å². The number of fused-ring (bicyclic) bond motifs is 1. The zero-order chi connectivity index (χ0) is 22.7. The van der Waals surface area contributed by atoms with E-state index in [2.05, 4.69) is 35.0 Å². The molecule has 3 heterocycles. The highest BCUT2D eigenvalue weighted by molar-refractivity contribution is 7.16. The van der Waals surface area contributed by atoms with Crippen LogP contribution in [0.1, 0.15) is 49.1 Å². The molecule has 0 saturated carbocycles. The van der Waals surface area contributed by atoms with Crippen LogP contribution in [0, 0.1) is 23.2 Å². The predicted molar refractivity (Wildman–Crippen MR) is 127 cm³/mol. The van der Waals surface area contributed by atoms with Crippen LogP contribution in [0.2, 0.25) is 0 Å². The zero-order valence-corrected chi connectivity index (χ0v) is 20.2. The standard InChI is InChI=1S/C24H35N5O2S/c1-17-12-18(2)15-29(14-17)23(31)16-28-10-8-27(9-11-28)7-6-22(30)26-24-20(13-25)19-4-3-5-21(19)32-24/h17-18H,3-12,14-16H2,1-2H3,(H,26,30). The minimum atomic E-state index is -0.0210. The molecule has 2 fully saturated rings. The van der Waals surface area contributed by atoms with Crippen molar-refractivity contribution in [1.29, 1.82) is 5.26 Å². The molecule has 3 aliphatic rings. The van der Waals surface area contributed by atoms with Crippen LogP contribution in [0.4, 0.5) is 5.00 Å². The number of hydrogen-bond acceptors (Lipinski definition) is 6. The van der Waals surface area contributed by atoms with Gasteiger partial charge in [0, 0.05) is 57.1 Å². The summed E-state index contributed by atoms with van der Waals surface area (Å²) in [6.45, 7) is 10.9. The van der Waals surface area contributed by atoms with Crippen molar-refractivity contribution in [2.24, 2.45) is 11.8 Å². The second-order valence-corrected chi connectivity index (χ2v) is 10.9. The highest BCUT2D eigenvalue weighted by Gasteiger charge is 2.28. The van der Waals surface area contributed by atoms with Crippen molar-refractivity contribution in [2.45, 2.75) is 46.0 Å². The average molecular weight is 458 g/mol. The van der Waals surface area contributed by atoms with Crippen LogP contribution in [0.3, 0.4) is 0 Å². The lowest BCUT2D eigenvalue weighted by atomic mass is 9.92. The van der Waals surface area contributed by atoms with Gasteiger partial charge < -0.3 is 15.1 Å². The van der Waals surface area contributed by atoms with Crippen molar-refractivity contribution in [3.63, 3.8) is 0 Å². The summed E-state index contributed by atoms with van der Waals surface area (Å²) in [5, 5.41) is 13.2. The molecule has 1 aromatic rings. The Hall–Kier alpha value is -1.95. The Morgan fingerprint density at radius 3 is 2.47 bits per heavy atom. The number of aryl methyl sites for hydroxylation is 1. The van der Waals surface area contributed by atoms with Gasteiger partial charge >= 0.3 is 0 Å². The van der Waals surface area contributed by atoms with Gasteiger partial charge in [0.1, 0.15) is 11.1 Å². The number of likely N-dealkylation sites (tertiary alicyclic amines) is 1. The van der Waals surface area contributed by atoms with Crippen LogP contribution in [0.5, 0.6) is 0 Å². The van der Waals surface area contributed by atoms with Crippen molar-refractivity contribution < 1.29 is 9.59 Å². The molecule has 1 N–H and O–H groups in total. The number of piperazine rings is 1. The largest absolute Gasteiger partial charge is 0.341 e. The molecular formula is C24H35N5O2S. The lowest BCUT2D eigenvalue weighted by Crippen LogP contribution is -2.52. The Morgan fingerprint density at radius 1 is 1.09 bits per heavy atom. The maximum absolute atomic E-state index is 12.7. The fourth-order valence-corrected chi connectivity index (χ4v) is 6.64. The van der Waals surface area contributed by atoms with Crippen molar-refractivity contribution in [1.82, 2.24) is 14.7 Å². The smallest absolute Gasteiger partial charge is 0.236 e. The van der Waals surface area contributed by atoms with E-state index in [4.69, 9.17) is 0 Å². The van der Waals surface area contributed by atoms with E-state index in [0.717, 1.165) is 69.1 Å². The molecule has 2 saturated heterocycles. The van der Waals surface area contributed by atoms with Crippen molar-refractivity contribution in [3.05, 3.63) is 16.0 Å². The third-order valence-electron chi connectivity index (χ3n) is 6.99. The van der Waals surface area contributed by atoms with E-state index >= 15 is 0 Å². The second kappa shape index (κ2) is 10.3. The molecule has 8 heteroatoms. The third-order valence-corrected chi connectivity index (χ3v) is 8.19. The molecule has 0 bridgehead atoms. The first kappa shape index (κ1) is 23.2. The number of thiophene rings is 1. The predicted octanol–water partition coefficient (Wildman–Crippen LogP) is 2.56. The average Bonchev–Trinajstić information content (AvgIpc) is 3.33. The molecular weight excluding hydrogens is 422 g/mol. The summed E-state index contributed by atoms with van der Waals surface area (Å²) in [5.41, 5.74) is 1.82. The highest BCUT2D eigenvalue weighted by atomic mass is 32.1. The second-order valence-electron chi connectivity index (χ2n) is 9.83. The normalized spacial score (nSPS) is 24.2. The SMILES string of the molecule is CC1CC(C)CN(C(=O)CN2CCN(CCC(=O)Nc3sc4c(c3C#N)CCC4)CC2)C1. The molecule has 2 aliphatic heterocycles. The molecule has 1 aliphatic carbocycles. The van der Waals surface area contributed by atoms with E-state index in [9.17, 15) is 14.9 Å². The van der Waals surface area contributed by atoms with Gasteiger partial charge in [0.2, 0.25) is 11.8 Å². The van der Waals surface area contributed by atoms with Crippen LogP contribution < -0.4 is 5.32 Å². The van der Waals surface area contributed by atoms with E-state index in [1.54, 1.807) is 11.3 Å². The summed E-state index contributed by atoms with van der Waals surface area (Å²) in [6.07, 6.45) is 4.72. The van der Waals surface area contributed by atoms with Crippen molar-refractivity contribution in [3.8, 4) is 6.07 Å². The first-order valence-corrected chi connectivity index (χ1v) is 12.8. The van der Waals surface area contributed by atoms with Crippen LogP contribution in [-0.2, 0) is 22.4 Å². The molecule has 1 aromatic heterocycles. The van der Waals surface area contributed by atoms with Gasteiger partial charge in [-0.15, -0.1) is 11.3 Å². The Bertz CT molecular complexity index is 874. The van der Waals surface area contributed by atoms with Gasteiger partial charge in [-0.05, 0) is 43.1 Å². The zero-order valence-electron chi connectivity index (χ0n) is 19.4. The quantitative estimate of drug-likeness (QED) is 0.710. The summed E-state index contributed by atoms with van der Waals surface area (Å²) in [7, 11) is 0. The van der Waals surface area contributed by atoms with Crippen LogP contribution in [0.15, 0.2) is 0 Å². The van der Waals surface area contributed by atoms with Crippen molar-refractivity contribution in [2.75, 3.05) is 57.7 Å². The lowest BCUT2D eigenvalue weighted by molar-refractivity contribution is -0.135. The number of anilines is 1. The Kier molecular flexibility index (Phi) is 7.49. The fraction of sp³-hybridized carbons (Fsp3) is 0.708. The van der Waals surface area contributed by atoms with Crippen LogP contribution in [0.25, 0.3) is 0 Å². The summed E-state index contributed by atoms with van der Waals surface area (Å²) >= 11 is 1.57. The number of carbonyl (C=O) groups is 2. The van der Waals surface area contributed by atoms with Crippen LogP contribution in [-0.4, -0.2) is 78.9 Å². The number of amides is 2. The molecule has 32 heavy (non-hydrogen) atoms. The van der Waals surface area contributed by atoms with E-state index < -0.39 is 0 Å². The lowest BCUT2D eigenvalue weighted by Gasteiger charge is -2.38. The molecule has 2 unspecified atom stereocenters. The van der Waals surface area contributed by atoms with Gasteiger partial charge in [-0.1, -0.05) is 13.8 Å². The number of piperidine rings is 1. The molecule has 4 rings (SSSR count). The van der Waals surface area contributed by atoms with Gasteiger partial charge in [0.05, 0.1) is 12.1 Å². The minimum absolute atomic E-state index is 0.0210. The number of nitrogens with zero attached hydrogens (tertiary/aromatic N) is 4. The number of nitrogens with one attached hydrogen (secondary N) is 1. The Balaban J connectivity index is 1.18. The maximum atomic E-state index is 12.7. The number of nitriles is 1. The molecule has 2 atom stereocenters. The van der Waals surface area contributed by atoms with E-state index in [-0.39, 0.29) is 11.8 Å². The highest BCUT2D eigenvalue weighted by Crippen LogP contribution is 2.38. The van der Waals surface area contributed by atoms with Crippen molar-refractivity contribution >= 4 is 28.2 Å². The Labute approximate surface area is 195 Å². The molecule has 7 nitrogen and oxygen atoms in total. The van der Waals surface area contributed by atoms with Gasteiger partial charge in [-0.2, -0.15) is 5.26 Å². The topological polar surface area (TPSA) is 79.7 Å². The number of hydrogen-bond donors (Lipinski definition) is 1. The van der Waals surface area contributed by atoms with Gasteiger partial charge in [-0.3, -0.25) is 14.5 Å². The van der Waals surface area contributed by atoms with Gasteiger partial charge in [-0.25, -0.2) is 0 Å². The van der Waals surface area contributed by atoms with E-state index in [0.29, 0.717) is 36.9 Å².